The molecule has 0 saturated carbocycles. The minimum atomic E-state index is -0.162. The van der Waals surface area contributed by atoms with E-state index >= 15 is 0 Å². The summed E-state index contributed by atoms with van der Waals surface area (Å²) in [6.07, 6.45) is 3.47. The van der Waals surface area contributed by atoms with Crippen molar-refractivity contribution in [1.82, 2.24) is 10.3 Å². The van der Waals surface area contributed by atoms with E-state index in [4.69, 9.17) is 0 Å². The molecule has 1 unspecified atom stereocenters. The third kappa shape index (κ3) is 2.85. The maximum absolute atomic E-state index is 13.6. The Labute approximate surface area is 116 Å². The van der Waals surface area contributed by atoms with Crippen LogP contribution in [0.5, 0.6) is 0 Å². The fourth-order valence-corrected chi connectivity index (χ4v) is 3.32. The summed E-state index contributed by atoms with van der Waals surface area (Å²) in [5.74, 6) is -0.162. The van der Waals surface area contributed by atoms with Crippen molar-refractivity contribution in [3.8, 4) is 11.3 Å². The van der Waals surface area contributed by atoms with Gasteiger partial charge in [-0.05, 0) is 37.9 Å². The molecule has 1 aromatic carbocycles. The lowest BCUT2D eigenvalue weighted by Gasteiger charge is -2.06. The Hall–Kier alpha value is -1.26. The monoisotopic (exact) mass is 276 g/mol. The van der Waals surface area contributed by atoms with Crippen molar-refractivity contribution < 1.29 is 4.39 Å². The molecule has 2 nitrogen and oxygen atoms in total. The zero-order valence-electron chi connectivity index (χ0n) is 10.9. The molecule has 1 fully saturated rings. The SMILES string of the molecule is Cc1ccc(-c2csc(CC3CCCN3)n2)cc1F. The molecule has 2 aromatic rings. The molecule has 2 heterocycles. The van der Waals surface area contributed by atoms with Crippen molar-refractivity contribution in [2.75, 3.05) is 6.54 Å². The van der Waals surface area contributed by atoms with Crippen molar-refractivity contribution >= 4 is 11.3 Å². The van der Waals surface area contributed by atoms with E-state index in [2.05, 4.69) is 10.3 Å². The Balaban J connectivity index is 1.78. The lowest BCUT2D eigenvalue weighted by molar-refractivity contribution is 0.601. The molecule has 1 saturated heterocycles. The fraction of sp³-hybridized carbons (Fsp3) is 0.400. The highest BCUT2D eigenvalue weighted by molar-refractivity contribution is 7.09. The van der Waals surface area contributed by atoms with Gasteiger partial charge in [0.05, 0.1) is 10.7 Å². The number of benzene rings is 1. The van der Waals surface area contributed by atoms with Gasteiger partial charge < -0.3 is 5.32 Å². The van der Waals surface area contributed by atoms with E-state index in [0.29, 0.717) is 11.6 Å². The second kappa shape index (κ2) is 5.39. The van der Waals surface area contributed by atoms with Crippen LogP contribution < -0.4 is 5.32 Å². The number of hydrogen-bond acceptors (Lipinski definition) is 3. The van der Waals surface area contributed by atoms with Crippen LogP contribution in [0.3, 0.4) is 0 Å². The van der Waals surface area contributed by atoms with Crippen LogP contribution in [0.4, 0.5) is 4.39 Å². The predicted molar refractivity (Wildman–Crippen MR) is 77.0 cm³/mol. The van der Waals surface area contributed by atoms with Gasteiger partial charge in [-0.25, -0.2) is 9.37 Å². The summed E-state index contributed by atoms with van der Waals surface area (Å²) in [7, 11) is 0. The lowest BCUT2D eigenvalue weighted by atomic mass is 10.1. The number of hydrogen-bond donors (Lipinski definition) is 1. The van der Waals surface area contributed by atoms with Crippen molar-refractivity contribution in [3.05, 3.63) is 40.0 Å². The smallest absolute Gasteiger partial charge is 0.126 e. The van der Waals surface area contributed by atoms with Gasteiger partial charge in [0.2, 0.25) is 0 Å². The molecule has 100 valence electrons. The zero-order chi connectivity index (χ0) is 13.2. The van der Waals surface area contributed by atoms with Gasteiger partial charge in [-0.15, -0.1) is 11.3 Å². The molecule has 4 heteroatoms. The number of thiazole rings is 1. The Morgan fingerprint density at radius 1 is 1.47 bits per heavy atom. The van der Waals surface area contributed by atoms with Gasteiger partial charge in [0.25, 0.3) is 0 Å². The fourth-order valence-electron chi connectivity index (χ4n) is 2.43. The topological polar surface area (TPSA) is 24.9 Å². The minimum absolute atomic E-state index is 0.162. The number of nitrogens with one attached hydrogen (secondary N) is 1. The van der Waals surface area contributed by atoms with Gasteiger partial charge in [0.15, 0.2) is 0 Å². The molecule has 1 aromatic heterocycles. The molecule has 19 heavy (non-hydrogen) atoms. The van der Waals surface area contributed by atoms with Crippen molar-refractivity contribution in [2.45, 2.75) is 32.2 Å². The normalized spacial score (nSPS) is 18.9. The first kappa shape index (κ1) is 12.8. The highest BCUT2D eigenvalue weighted by Gasteiger charge is 2.16. The van der Waals surface area contributed by atoms with Gasteiger partial charge in [-0.2, -0.15) is 0 Å². The van der Waals surface area contributed by atoms with Crippen LogP contribution in [0.15, 0.2) is 23.6 Å². The number of halogens is 1. The first-order valence-electron chi connectivity index (χ1n) is 6.67. The minimum Gasteiger partial charge on any atom is -0.314 e. The highest BCUT2D eigenvalue weighted by Crippen LogP contribution is 2.25. The number of nitrogens with zero attached hydrogens (tertiary/aromatic N) is 1. The van der Waals surface area contributed by atoms with Crippen molar-refractivity contribution in [2.24, 2.45) is 0 Å². The summed E-state index contributed by atoms with van der Waals surface area (Å²) >= 11 is 1.67. The molecule has 1 aliphatic rings. The van der Waals surface area contributed by atoms with Gasteiger partial charge in [0, 0.05) is 23.4 Å². The van der Waals surface area contributed by atoms with Gasteiger partial charge in [-0.3, -0.25) is 0 Å². The van der Waals surface area contributed by atoms with Crippen LogP contribution in [0.1, 0.15) is 23.4 Å². The maximum atomic E-state index is 13.6. The predicted octanol–water partition coefficient (Wildman–Crippen LogP) is 3.55. The summed E-state index contributed by atoms with van der Waals surface area (Å²) < 4.78 is 13.6. The van der Waals surface area contributed by atoms with Crippen LogP contribution >= 0.6 is 11.3 Å². The van der Waals surface area contributed by atoms with E-state index in [9.17, 15) is 4.39 Å². The summed E-state index contributed by atoms with van der Waals surface area (Å²) in [5, 5.41) is 6.63. The van der Waals surface area contributed by atoms with E-state index in [1.165, 1.54) is 12.8 Å². The molecule has 3 rings (SSSR count). The number of aromatic nitrogens is 1. The number of aryl methyl sites for hydroxylation is 1. The van der Waals surface area contributed by atoms with E-state index in [1.54, 1.807) is 24.3 Å². The van der Waals surface area contributed by atoms with Crippen LogP contribution in [-0.4, -0.2) is 17.6 Å². The Morgan fingerprint density at radius 3 is 3.11 bits per heavy atom. The highest BCUT2D eigenvalue weighted by atomic mass is 32.1. The van der Waals surface area contributed by atoms with E-state index in [0.717, 1.165) is 29.2 Å². The summed E-state index contributed by atoms with van der Waals surface area (Å²) in [6.45, 7) is 2.89. The van der Waals surface area contributed by atoms with E-state index in [-0.39, 0.29) is 5.82 Å². The van der Waals surface area contributed by atoms with Crippen molar-refractivity contribution in [1.29, 1.82) is 0 Å². The average Bonchev–Trinajstić information content (AvgIpc) is 3.05. The molecule has 0 spiro atoms. The second-order valence-corrected chi connectivity index (χ2v) is 6.03. The first-order valence-corrected chi connectivity index (χ1v) is 7.54. The molecule has 0 bridgehead atoms. The van der Waals surface area contributed by atoms with Crippen LogP contribution in [-0.2, 0) is 6.42 Å². The largest absolute Gasteiger partial charge is 0.314 e. The average molecular weight is 276 g/mol. The van der Waals surface area contributed by atoms with Gasteiger partial charge in [-0.1, -0.05) is 12.1 Å². The molecule has 1 aliphatic heterocycles. The van der Waals surface area contributed by atoms with Crippen molar-refractivity contribution in [3.63, 3.8) is 0 Å². The Kier molecular flexibility index (Phi) is 3.62. The summed E-state index contributed by atoms with van der Waals surface area (Å²) in [6, 6.07) is 5.88. The van der Waals surface area contributed by atoms with E-state index in [1.807, 2.05) is 17.5 Å². The molecular formula is C15H17FN2S. The Bertz CT molecular complexity index is 573. The summed E-state index contributed by atoms with van der Waals surface area (Å²) in [4.78, 5) is 4.63. The van der Waals surface area contributed by atoms with Gasteiger partial charge in [0.1, 0.15) is 5.82 Å². The molecule has 0 radical (unpaired) electrons. The zero-order valence-corrected chi connectivity index (χ0v) is 11.8. The van der Waals surface area contributed by atoms with Crippen LogP contribution in [0.2, 0.25) is 0 Å². The lowest BCUT2D eigenvalue weighted by Crippen LogP contribution is -2.23. The molecule has 1 atom stereocenters. The maximum Gasteiger partial charge on any atom is 0.126 e. The van der Waals surface area contributed by atoms with E-state index < -0.39 is 0 Å². The molecule has 0 amide bonds. The molecular weight excluding hydrogens is 259 g/mol. The summed E-state index contributed by atoms with van der Waals surface area (Å²) in [5.41, 5.74) is 2.43. The number of rotatable bonds is 3. The second-order valence-electron chi connectivity index (χ2n) is 5.09. The first-order chi connectivity index (χ1) is 9.22. The molecule has 0 aliphatic carbocycles. The van der Waals surface area contributed by atoms with Gasteiger partial charge >= 0.3 is 0 Å². The quantitative estimate of drug-likeness (QED) is 0.927. The third-order valence-corrected chi connectivity index (χ3v) is 4.47. The Morgan fingerprint density at radius 2 is 2.37 bits per heavy atom. The molecule has 1 N–H and O–H groups in total. The van der Waals surface area contributed by atoms with Crippen LogP contribution in [0.25, 0.3) is 11.3 Å². The standard InChI is InChI=1S/C15H17FN2S/c1-10-4-5-11(7-13(10)16)14-9-19-15(18-14)8-12-3-2-6-17-12/h4-5,7,9,12,17H,2-3,6,8H2,1H3. The van der Waals surface area contributed by atoms with Crippen LogP contribution in [0, 0.1) is 12.7 Å². The third-order valence-electron chi connectivity index (χ3n) is 3.60.